The molecular weight excluding hydrogens is 230 g/mol. The summed E-state index contributed by atoms with van der Waals surface area (Å²) in [5.41, 5.74) is 0.142. The van der Waals surface area contributed by atoms with Gasteiger partial charge >= 0.3 is 0 Å². The second kappa shape index (κ2) is 4.76. The first-order valence-electron chi connectivity index (χ1n) is 6.42. The van der Waals surface area contributed by atoms with Gasteiger partial charge in [0.2, 0.25) is 5.91 Å². The summed E-state index contributed by atoms with van der Waals surface area (Å²) in [6, 6.07) is 3.42. The predicted octanol–water partition coefficient (Wildman–Crippen LogP) is 2.25. The summed E-state index contributed by atoms with van der Waals surface area (Å²) in [6.45, 7) is 6.10. The van der Waals surface area contributed by atoms with Crippen molar-refractivity contribution in [1.29, 1.82) is 0 Å². The number of furan rings is 1. The standard InChI is InChI=1S/C14H21NO3/c1-9(7-11(16)12-5-4-6-18-12)15-13(17)10-8-14(10,2)3/h4-6,9-11,16H,7-8H2,1-3H3,(H,15,17). The molecule has 0 aromatic carbocycles. The number of carbonyl (C=O) groups is 1. The van der Waals surface area contributed by atoms with Crippen LogP contribution in [0.5, 0.6) is 0 Å². The number of rotatable bonds is 5. The number of aliphatic hydroxyl groups excluding tert-OH is 1. The van der Waals surface area contributed by atoms with E-state index in [4.69, 9.17) is 4.42 Å². The third-order valence-electron chi connectivity index (χ3n) is 3.67. The minimum absolute atomic E-state index is 0.0611. The van der Waals surface area contributed by atoms with E-state index in [1.54, 1.807) is 12.1 Å². The van der Waals surface area contributed by atoms with Crippen LogP contribution in [0.2, 0.25) is 0 Å². The van der Waals surface area contributed by atoms with Crippen molar-refractivity contribution in [2.24, 2.45) is 11.3 Å². The van der Waals surface area contributed by atoms with Gasteiger partial charge in [0.1, 0.15) is 11.9 Å². The van der Waals surface area contributed by atoms with E-state index >= 15 is 0 Å². The van der Waals surface area contributed by atoms with Crippen molar-refractivity contribution in [2.75, 3.05) is 0 Å². The van der Waals surface area contributed by atoms with Crippen LogP contribution >= 0.6 is 0 Å². The zero-order valence-corrected chi connectivity index (χ0v) is 11.1. The zero-order valence-electron chi connectivity index (χ0n) is 11.1. The van der Waals surface area contributed by atoms with Gasteiger partial charge in [0.05, 0.1) is 6.26 Å². The minimum atomic E-state index is -0.664. The average Bonchev–Trinajstić information content (AvgIpc) is 2.74. The Labute approximate surface area is 107 Å². The molecule has 2 rings (SSSR count). The molecule has 100 valence electrons. The lowest BCUT2D eigenvalue weighted by molar-refractivity contribution is -0.123. The van der Waals surface area contributed by atoms with E-state index < -0.39 is 6.10 Å². The van der Waals surface area contributed by atoms with Gasteiger partial charge in [-0.05, 0) is 30.9 Å². The molecular formula is C14H21NO3. The highest BCUT2D eigenvalue weighted by atomic mass is 16.4. The van der Waals surface area contributed by atoms with Crippen LogP contribution in [-0.2, 0) is 4.79 Å². The molecule has 18 heavy (non-hydrogen) atoms. The zero-order chi connectivity index (χ0) is 13.3. The molecule has 1 aliphatic rings. The van der Waals surface area contributed by atoms with Crippen LogP contribution in [0.15, 0.2) is 22.8 Å². The number of hydrogen-bond acceptors (Lipinski definition) is 3. The Morgan fingerprint density at radius 3 is 2.83 bits per heavy atom. The van der Waals surface area contributed by atoms with Crippen molar-refractivity contribution in [3.8, 4) is 0 Å². The predicted molar refractivity (Wildman–Crippen MR) is 67.8 cm³/mol. The van der Waals surface area contributed by atoms with Gasteiger partial charge in [-0.15, -0.1) is 0 Å². The molecule has 1 aliphatic carbocycles. The molecule has 0 bridgehead atoms. The first kappa shape index (κ1) is 13.1. The fourth-order valence-corrected chi connectivity index (χ4v) is 2.25. The van der Waals surface area contributed by atoms with Crippen molar-refractivity contribution < 1.29 is 14.3 Å². The Bertz CT molecular complexity index is 411. The summed E-state index contributed by atoms with van der Waals surface area (Å²) in [4.78, 5) is 11.9. The molecule has 0 radical (unpaired) electrons. The van der Waals surface area contributed by atoms with E-state index in [0.717, 1.165) is 6.42 Å². The van der Waals surface area contributed by atoms with Gasteiger partial charge in [0.15, 0.2) is 0 Å². The third-order valence-corrected chi connectivity index (χ3v) is 3.67. The number of aliphatic hydroxyl groups is 1. The smallest absolute Gasteiger partial charge is 0.223 e. The van der Waals surface area contributed by atoms with Gasteiger partial charge in [0, 0.05) is 18.4 Å². The van der Waals surface area contributed by atoms with Crippen molar-refractivity contribution >= 4 is 5.91 Å². The maximum absolute atomic E-state index is 11.9. The van der Waals surface area contributed by atoms with E-state index in [2.05, 4.69) is 19.2 Å². The van der Waals surface area contributed by atoms with Crippen molar-refractivity contribution in [3.63, 3.8) is 0 Å². The molecule has 3 unspecified atom stereocenters. The van der Waals surface area contributed by atoms with Gasteiger partial charge < -0.3 is 14.8 Å². The Morgan fingerprint density at radius 1 is 1.67 bits per heavy atom. The molecule has 3 atom stereocenters. The highest BCUT2D eigenvalue weighted by Gasteiger charge is 2.50. The largest absolute Gasteiger partial charge is 0.467 e. The topological polar surface area (TPSA) is 62.5 Å². The van der Waals surface area contributed by atoms with Crippen LogP contribution in [-0.4, -0.2) is 17.1 Å². The van der Waals surface area contributed by atoms with Gasteiger partial charge in [-0.1, -0.05) is 13.8 Å². The van der Waals surface area contributed by atoms with Crippen LogP contribution in [0.4, 0.5) is 0 Å². The summed E-state index contributed by atoms with van der Waals surface area (Å²) in [5, 5.41) is 12.9. The van der Waals surface area contributed by atoms with E-state index in [1.807, 2.05) is 6.92 Å². The first-order valence-corrected chi connectivity index (χ1v) is 6.42. The summed E-state index contributed by atoms with van der Waals surface area (Å²) in [7, 11) is 0. The first-order chi connectivity index (χ1) is 8.40. The highest BCUT2D eigenvalue weighted by molar-refractivity contribution is 5.82. The molecule has 4 nitrogen and oxygen atoms in total. The number of carbonyl (C=O) groups excluding carboxylic acids is 1. The number of hydrogen-bond donors (Lipinski definition) is 2. The van der Waals surface area contributed by atoms with Crippen molar-refractivity contribution in [1.82, 2.24) is 5.32 Å². The quantitative estimate of drug-likeness (QED) is 0.843. The lowest BCUT2D eigenvalue weighted by Gasteiger charge is -2.17. The fraction of sp³-hybridized carbons (Fsp3) is 0.643. The lowest BCUT2D eigenvalue weighted by Crippen LogP contribution is -2.35. The fourth-order valence-electron chi connectivity index (χ4n) is 2.25. The van der Waals surface area contributed by atoms with Crippen LogP contribution in [0.1, 0.15) is 45.5 Å². The molecule has 1 fully saturated rings. The van der Waals surface area contributed by atoms with Crippen molar-refractivity contribution in [2.45, 2.75) is 45.8 Å². The maximum Gasteiger partial charge on any atom is 0.223 e. The summed E-state index contributed by atoms with van der Waals surface area (Å²) < 4.78 is 5.13. The monoisotopic (exact) mass is 251 g/mol. The van der Waals surface area contributed by atoms with Gasteiger partial charge in [-0.2, -0.15) is 0 Å². The molecule has 1 heterocycles. The van der Waals surface area contributed by atoms with Crippen LogP contribution in [0.3, 0.4) is 0 Å². The third kappa shape index (κ3) is 2.93. The molecule has 0 spiro atoms. The number of amides is 1. The van der Waals surface area contributed by atoms with Crippen molar-refractivity contribution in [3.05, 3.63) is 24.2 Å². The van der Waals surface area contributed by atoms with Gasteiger partial charge in [-0.3, -0.25) is 4.79 Å². The average molecular weight is 251 g/mol. The van der Waals surface area contributed by atoms with E-state index in [1.165, 1.54) is 6.26 Å². The maximum atomic E-state index is 11.9. The van der Waals surface area contributed by atoms with Crippen LogP contribution in [0.25, 0.3) is 0 Å². The second-order valence-electron chi connectivity index (χ2n) is 5.92. The normalized spacial score (nSPS) is 24.3. The molecule has 1 aromatic heterocycles. The summed E-state index contributed by atoms with van der Waals surface area (Å²) in [5.74, 6) is 0.766. The Kier molecular flexibility index (Phi) is 3.48. The summed E-state index contributed by atoms with van der Waals surface area (Å²) >= 11 is 0. The van der Waals surface area contributed by atoms with Crippen LogP contribution < -0.4 is 5.32 Å². The van der Waals surface area contributed by atoms with E-state index in [0.29, 0.717) is 12.2 Å². The molecule has 0 saturated heterocycles. The summed E-state index contributed by atoms with van der Waals surface area (Å²) in [6.07, 6.45) is 2.29. The Hall–Kier alpha value is -1.29. The second-order valence-corrected chi connectivity index (χ2v) is 5.92. The van der Waals surface area contributed by atoms with Gasteiger partial charge in [-0.25, -0.2) is 0 Å². The molecule has 1 saturated carbocycles. The van der Waals surface area contributed by atoms with Gasteiger partial charge in [0.25, 0.3) is 0 Å². The highest BCUT2D eigenvalue weighted by Crippen LogP contribution is 2.51. The number of nitrogens with one attached hydrogen (secondary N) is 1. The Balaban J connectivity index is 1.79. The Morgan fingerprint density at radius 2 is 2.33 bits per heavy atom. The van der Waals surface area contributed by atoms with E-state index in [-0.39, 0.29) is 23.3 Å². The molecule has 1 aromatic rings. The van der Waals surface area contributed by atoms with E-state index in [9.17, 15) is 9.90 Å². The SMILES string of the molecule is CC(CC(O)c1ccco1)NC(=O)C1CC1(C)C. The minimum Gasteiger partial charge on any atom is -0.467 e. The molecule has 4 heteroatoms. The molecule has 1 amide bonds. The molecule has 0 aliphatic heterocycles. The van der Waals surface area contributed by atoms with Crippen LogP contribution in [0, 0.1) is 11.3 Å². The lowest BCUT2D eigenvalue weighted by atomic mass is 10.1. The molecule has 2 N–H and O–H groups in total.